The first kappa shape index (κ1) is 17.9. The van der Waals surface area contributed by atoms with Crippen molar-refractivity contribution in [2.24, 2.45) is 0 Å². The summed E-state index contributed by atoms with van der Waals surface area (Å²) in [5.41, 5.74) is 3.87. The van der Waals surface area contributed by atoms with Gasteiger partial charge in [-0.25, -0.2) is 9.37 Å². The lowest BCUT2D eigenvalue weighted by Crippen LogP contribution is -2.41. The molecule has 0 spiro atoms. The first-order chi connectivity index (χ1) is 12.9. The Bertz CT molecular complexity index is 972. The van der Waals surface area contributed by atoms with E-state index in [4.69, 9.17) is 4.98 Å². The maximum Gasteiger partial charge on any atom is 0.215 e. The van der Waals surface area contributed by atoms with Crippen LogP contribution >= 0.6 is 0 Å². The third-order valence-corrected chi connectivity index (χ3v) is 5.90. The van der Waals surface area contributed by atoms with E-state index in [9.17, 15) is 9.50 Å². The highest BCUT2D eigenvalue weighted by molar-refractivity contribution is 5.80. The fourth-order valence-corrected chi connectivity index (χ4v) is 3.99. The molecule has 1 saturated heterocycles. The van der Waals surface area contributed by atoms with Crippen LogP contribution in [0.25, 0.3) is 16.8 Å². The molecule has 1 fully saturated rings. The standard InChI is InChI=1S/C21H25FN4O/c1-4-25-11-9-21(3,10-12-25)17-13-18(27)26-20(23-17)19(14(2)24-26)15-5-7-16(22)8-6-15/h5-8,13,27H,4,9-12H2,1-3H3. The van der Waals surface area contributed by atoms with Crippen LogP contribution < -0.4 is 0 Å². The molecule has 0 radical (unpaired) electrons. The summed E-state index contributed by atoms with van der Waals surface area (Å²) in [6.07, 6.45) is 2.00. The van der Waals surface area contributed by atoms with Gasteiger partial charge in [0.25, 0.3) is 0 Å². The average Bonchev–Trinajstić information content (AvgIpc) is 3.00. The summed E-state index contributed by atoms with van der Waals surface area (Å²) < 4.78 is 14.8. The van der Waals surface area contributed by atoms with Crippen molar-refractivity contribution >= 4 is 5.65 Å². The molecule has 1 N–H and O–H groups in total. The molecule has 6 heteroatoms. The zero-order valence-electron chi connectivity index (χ0n) is 16.0. The summed E-state index contributed by atoms with van der Waals surface area (Å²) in [6.45, 7) is 9.41. The molecule has 0 atom stereocenters. The Balaban J connectivity index is 1.83. The minimum absolute atomic E-state index is 0.0802. The molecule has 0 unspecified atom stereocenters. The Hall–Kier alpha value is -2.47. The fourth-order valence-electron chi connectivity index (χ4n) is 3.99. The van der Waals surface area contributed by atoms with Crippen molar-refractivity contribution in [2.45, 2.75) is 39.0 Å². The van der Waals surface area contributed by atoms with Gasteiger partial charge in [0.05, 0.1) is 11.4 Å². The second-order valence-corrected chi connectivity index (χ2v) is 7.70. The number of likely N-dealkylation sites (tertiary alicyclic amines) is 1. The quantitative estimate of drug-likeness (QED) is 0.761. The van der Waals surface area contributed by atoms with Gasteiger partial charge < -0.3 is 10.0 Å². The SMILES string of the molecule is CCN1CCC(C)(c2cc(O)n3nc(C)c(-c4ccc(F)cc4)c3n2)CC1. The Morgan fingerprint density at radius 3 is 2.48 bits per heavy atom. The van der Waals surface area contributed by atoms with Crippen LogP contribution in [0.2, 0.25) is 0 Å². The van der Waals surface area contributed by atoms with Crippen LogP contribution in [0.1, 0.15) is 38.1 Å². The van der Waals surface area contributed by atoms with Crippen molar-refractivity contribution in [3.8, 4) is 17.0 Å². The molecule has 5 nitrogen and oxygen atoms in total. The minimum atomic E-state index is -0.278. The number of aryl methyl sites for hydroxylation is 1. The van der Waals surface area contributed by atoms with Crippen LogP contribution in [0.5, 0.6) is 5.88 Å². The summed E-state index contributed by atoms with van der Waals surface area (Å²) in [4.78, 5) is 7.37. The summed E-state index contributed by atoms with van der Waals surface area (Å²) >= 11 is 0. The van der Waals surface area contributed by atoms with E-state index in [0.29, 0.717) is 5.65 Å². The normalized spacial score (nSPS) is 17.5. The molecule has 0 bridgehead atoms. The van der Waals surface area contributed by atoms with Gasteiger partial charge in [0, 0.05) is 17.0 Å². The van der Waals surface area contributed by atoms with Crippen molar-refractivity contribution in [2.75, 3.05) is 19.6 Å². The highest BCUT2D eigenvalue weighted by Gasteiger charge is 2.34. The second-order valence-electron chi connectivity index (χ2n) is 7.70. The van der Waals surface area contributed by atoms with Crippen molar-refractivity contribution < 1.29 is 9.50 Å². The van der Waals surface area contributed by atoms with Crippen LogP contribution in [0.15, 0.2) is 30.3 Å². The molecular formula is C21H25FN4O. The smallest absolute Gasteiger partial charge is 0.215 e. The molecule has 0 amide bonds. The lowest BCUT2D eigenvalue weighted by Gasteiger charge is -2.38. The van der Waals surface area contributed by atoms with Crippen molar-refractivity contribution in [1.29, 1.82) is 0 Å². The van der Waals surface area contributed by atoms with Gasteiger partial charge >= 0.3 is 0 Å². The van der Waals surface area contributed by atoms with Gasteiger partial charge in [0.2, 0.25) is 5.88 Å². The van der Waals surface area contributed by atoms with E-state index < -0.39 is 0 Å². The van der Waals surface area contributed by atoms with Crippen LogP contribution in [0.3, 0.4) is 0 Å². The zero-order valence-corrected chi connectivity index (χ0v) is 16.0. The van der Waals surface area contributed by atoms with E-state index in [1.165, 1.54) is 16.6 Å². The van der Waals surface area contributed by atoms with Gasteiger partial charge in [0.1, 0.15) is 5.82 Å². The molecule has 2 aromatic heterocycles. The predicted octanol–water partition coefficient (Wildman–Crippen LogP) is 3.92. The number of rotatable bonds is 3. The molecule has 0 saturated carbocycles. The van der Waals surface area contributed by atoms with E-state index >= 15 is 0 Å². The third kappa shape index (κ3) is 3.08. The summed E-state index contributed by atoms with van der Waals surface area (Å²) in [5.74, 6) is -0.190. The maximum absolute atomic E-state index is 13.3. The molecular weight excluding hydrogens is 343 g/mol. The third-order valence-electron chi connectivity index (χ3n) is 5.90. The highest BCUT2D eigenvalue weighted by Crippen LogP contribution is 2.37. The maximum atomic E-state index is 13.3. The van der Waals surface area contributed by atoms with Crippen LogP contribution in [-0.2, 0) is 5.41 Å². The number of piperidine rings is 1. The largest absolute Gasteiger partial charge is 0.493 e. The van der Waals surface area contributed by atoms with Gasteiger partial charge in [-0.15, -0.1) is 0 Å². The van der Waals surface area contributed by atoms with Gasteiger partial charge in [-0.1, -0.05) is 26.0 Å². The number of hydrogen-bond donors (Lipinski definition) is 1. The van der Waals surface area contributed by atoms with E-state index in [2.05, 4.69) is 23.8 Å². The summed E-state index contributed by atoms with van der Waals surface area (Å²) in [5, 5.41) is 15.1. The predicted molar refractivity (Wildman–Crippen MR) is 103 cm³/mol. The Kier molecular flexibility index (Phi) is 4.38. The van der Waals surface area contributed by atoms with Gasteiger partial charge in [-0.05, 0) is 57.1 Å². The Morgan fingerprint density at radius 2 is 1.85 bits per heavy atom. The van der Waals surface area contributed by atoms with E-state index in [1.807, 2.05) is 6.92 Å². The number of benzene rings is 1. The topological polar surface area (TPSA) is 53.7 Å². The first-order valence-electron chi connectivity index (χ1n) is 9.49. The van der Waals surface area contributed by atoms with Crippen LogP contribution in [0.4, 0.5) is 4.39 Å². The molecule has 142 valence electrons. The molecule has 1 aliphatic heterocycles. The van der Waals surface area contributed by atoms with Gasteiger partial charge in [-0.2, -0.15) is 9.61 Å². The van der Waals surface area contributed by atoms with E-state index in [1.54, 1.807) is 18.2 Å². The van der Waals surface area contributed by atoms with E-state index in [0.717, 1.165) is 55.0 Å². The minimum Gasteiger partial charge on any atom is -0.493 e. The molecule has 4 rings (SSSR count). The molecule has 1 aromatic carbocycles. The number of aromatic hydroxyl groups is 1. The number of hydrogen-bond acceptors (Lipinski definition) is 4. The summed E-state index contributed by atoms with van der Waals surface area (Å²) in [7, 11) is 0. The Morgan fingerprint density at radius 1 is 1.19 bits per heavy atom. The fraction of sp³-hybridized carbons (Fsp3) is 0.429. The van der Waals surface area contributed by atoms with Crippen molar-refractivity contribution in [1.82, 2.24) is 19.5 Å². The second kappa shape index (κ2) is 6.60. The van der Waals surface area contributed by atoms with Crippen molar-refractivity contribution in [3.05, 3.63) is 47.5 Å². The van der Waals surface area contributed by atoms with E-state index in [-0.39, 0.29) is 17.1 Å². The lowest BCUT2D eigenvalue weighted by molar-refractivity contribution is 0.173. The molecule has 1 aliphatic rings. The number of halogens is 1. The number of aromatic nitrogens is 3. The summed E-state index contributed by atoms with van der Waals surface area (Å²) in [6, 6.07) is 8.07. The Labute approximate surface area is 158 Å². The number of nitrogens with zero attached hydrogens (tertiary/aromatic N) is 4. The average molecular weight is 368 g/mol. The highest BCUT2D eigenvalue weighted by atomic mass is 19.1. The van der Waals surface area contributed by atoms with Gasteiger partial charge in [-0.3, -0.25) is 0 Å². The number of fused-ring (bicyclic) bond motifs is 1. The first-order valence-corrected chi connectivity index (χ1v) is 9.49. The van der Waals surface area contributed by atoms with Crippen LogP contribution in [-0.4, -0.2) is 44.2 Å². The van der Waals surface area contributed by atoms with Gasteiger partial charge in [0.15, 0.2) is 5.65 Å². The lowest BCUT2D eigenvalue weighted by atomic mass is 9.77. The monoisotopic (exact) mass is 368 g/mol. The zero-order chi connectivity index (χ0) is 19.2. The molecule has 3 heterocycles. The van der Waals surface area contributed by atoms with Crippen molar-refractivity contribution in [3.63, 3.8) is 0 Å². The molecule has 0 aliphatic carbocycles. The van der Waals surface area contributed by atoms with Crippen LogP contribution in [0, 0.1) is 12.7 Å². The molecule has 27 heavy (non-hydrogen) atoms. The molecule has 3 aromatic rings.